The number of nitrogens with zero attached hydrogens (tertiary/aromatic N) is 2. The molecule has 0 aliphatic carbocycles. The summed E-state index contributed by atoms with van der Waals surface area (Å²) in [6, 6.07) is 3.46. The number of hydrogen-bond acceptors (Lipinski definition) is 7. The molecule has 2 N–H and O–H groups in total. The average molecular weight is 416 g/mol. The van der Waals surface area contributed by atoms with E-state index in [4.69, 9.17) is 14.6 Å². The first-order valence-electron chi connectivity index (χ1n) is 6.66. The van der Waals surface area contributed by atoms with Crippen LogP contribution in [0.4, 0.5) is 0 Å². The third kappa shape index (κ3) is 4.48. The number of carbonyl (C=O) groups excluding carboxylic acids is 1. The van der Waals surface area contributed by atoms with Crippen molar-refractivity contribution in [3.8, 4) is 11.5 Å². The van der Waals surface area contributed by atoms with Gasteiger partial charge >= 0.3 is 5.97 Å². The molecule has 1 aliphatic heterocycles. The minimum Gasteiger partial charge on any atom is -0.496 e. The Morgan fingerprint density at radius 3 is 2.75 bits per heavy atom. The number of aliphatic carboxylic acids is 1. The molecule has 8 nitrogen and oxygen atoms in total. The summed E-state index contributed by atoms with van der Waals surface area (Å²) < 4.78 is 11.2. The van der Waals surface area contributed by atoms with Crippen molar-refractivity contribution in [1.82, 2.24) is 5.32 Å². The second-order valence-corrected chi connectivity index (χ2v) is 6.62. The fourth-order valence-electron chi connectivity index (χ4n) is 1.87. The summed E-state index contributed by atoms with van der Waals surface area (Å²) in [6.07, 6.45) is 1.20. The Bertz CT molecular complexity index is 723. The molecule has 1 saturated heterocycles. The maximum absolute atomic E-state index is 11.6. The maximum Gasteiger partial charge on any atom is 0.305 e. The van der Waals surface area contributed by atoms with Gasteiger partial charge in [-0.05, 0) is 22.0 Å². The van der Waals surface area contributed by atoms with Crippen molar-refractivity contribution >= 4 is 51.0 Å². The standard InChI is InChI=1S/C14H14BrN3O5S/c1-22-9-4-10(23-2)8(15)3-7(9)6-16-18-14-17-13(21)11(24-14)5-12(19)20/h3-4,6,11H,5H2,1-2H3,(H,19,20)(H,17,18,21). The summed E-state index contributed by atoms with van der Waals surface area (Å²) in [5.74, 6) is -0.266. The Morgan fingerprint density at radius 2 is 2.12 bits per heavy atom. The smallest absolute Gasteiger partial charge is 0.305 e. The molecule has 1 unspecified atom stereocenters. The fourth-order valence-corrected chi connectivity index (χ4v) is 3.31. The highest BCUT2D eigenvalue weighted by molar-refractivity contribution is 9.10. The van der Waals surface area contributed by atoms with Crippen LogP contribution in [0.25, 0.3) is 0 Å². The topological polar surface area (TPSA) is 110 Å². The van der Waals surface area contributed by atoms with Gasteiger partial charge in [-0.2, -0.15) is 5.10 Å². The van der Waals surface area contributed by atoms with Gasteiger partial charge in [-0.1, -0.05) is 11.8 Å². The van der Waals surface area contributed by atoms with E-state index in [0.29, 0.717) is 17.1 Å². The number of carbonyl (C=O) groups is 2. The number of methoxy groups -OCH3 is 2. The van der Waals surface area contributed by atoms with Gasteiger partial charge in [-0.3, -0.25) is 9.59 Å². The average Bonchev–Trinajstić information content (AvgIpc) is 2.86. The van der Waals surface area contributed by atoms with Crippen molar-refractivity contribution in [1.29, 1.82) is 0 Å². The zero-order valence-corrected chi connectivity index (χ0v) is 15.2. The highest BCUT2D eigenvalue weighted by Gasteiger charge is 2.32. The summed E-state index contributed by atoms with van der Waals surface area (Å²) in [6.45, 7) is 0. The largest absolute Gasteiger partial charge is 0.496 e. The van der Waals surface area contributed by atoms with Gasteiger partial charge in [0.25, 0.3) is 0 Å². The van der Waals surface area contributed by atoms with Gasteiger partial charge in [0.2, 0.25) is 5.91 Å². The van der Waals surface area contributed by atoms with Gasteiger partial charge in [-0.15, -0.1) is 5.10 Å². The lowest BCUT2D eigenvalue weighted by atomic mass is 10.2. The SMILES string of the molecule is COc1cc(OC)c(C=NN=C2NC(=O)C(CC(=O)O)S2)cc1Br. The Morgan fingerprint density at radius 1 is 1.42 bits per heavy atom. The monoisotopic (exact) mass is 415 g/mol. The van der Waals surface area contributed by atoms with Crippen LogP contribution in [-0.4, -0.2) is 47.8 Å². The van der Waals surface area contributed by atoms with Gasteiger partial charge in [-0.25, -0.2) is 0 Å². The Kier molecular flexibility index (Phi) is 6.21. The van der Waals surface area contributed by atoms with Crippen molar-refractivity contribution < 1.29 is 24.2 Å². The number of carboxylic acid groups (broad SMARTS) is 1. The van der Waals surface area contributed by atoms with Crippen LogP contribution < -0.4 is 14.8 Å². The van der Waals surface area contributed by atoms with Gasteiger partial charge in [0, 0.05) is 11.6 Å². The number of rotatable bonds is 6. The van der Waals surface area contributed by atoms with Crippen molar-refractivity contribution in [2.75, 3.05) is 14.2 Å². The van der Waals surface area contributed by atoms with E-state index in [1.807, 2.05) is 0 Å². The minimum absolute atomic E-state index is 0.258. The van der Waals surface area contributed by atoms with Gasteiger partial charge in [0.05, 0.1) is 31.3 Å². The summed E-state index contributed by atoms with van der Waals surface area (Å²) in [4.78, 5) is 22.3. The normalized spacial score (nSPS) is 18.9. The number of thioether (sulfide) groups is 1. The molecule has 128 valence electrons. The molecule has 0 aromatic heterocycles. The van der Waals surface area contributed by atoms with Crippen LogP contribution in [0.3, 0.4) is 0 Å². The molecule has 0 bridgehead atoms. The highest BCUT2D eigenvalue weighted by atomic mass is 79.9. The van der Waals surface area contributed by atoms with E-state index in [-0.39, 0.29) is 17.5 Å². The van der Waals surface area contributed by atoms with Gasteiger partial charge in [0.15, 0.2) is 5.17 Å². The van der Waals surface area contributed by atoms with Crippen LogP contribution in [0, 0.1) is 0 Å². The molecule has 1 heterocycles. The molecule has 0 spiro atoms. The predicted octanol–water partition coefficient (Wildman–Crippen LogP) is 1.86. The number of carboxylic acids is 1. The van der Waals surface area contributed by atoms with Crippen LogP contribution in [0.1, 0.15) is 12.0 Å². The van der Waals surface area contributed by atoms with E-state index in [1.54, 1.807) is 19.2 Å². The minimum atomic E-state index is -1.04. The molecule has 1 amide bonds. The van der Waals surface area contributed by atoms with Crippen molar-refractivity contribution in [3.05, 3.63) is 22.2 Å². The summed E-state index contributed by atoms with van der Waals surface area (Å²) >= 11 is 4.41. The zero-order valence-electron chi connectivity index (χ0n) is 12.8. The first-order chi connectivity index (χ1) is 11.4. The first-order valence-corrected chi connectivity index (χ1v) is 8.33. The fraction of sp³-hybridized carbons (Fsp3) is 0.286. The molecule has 10 heteroatoms. The quantitative estimate of drug-likeness (QED) is 0.541. The second kappa shape index (κ2) is 8.15. The third-order valence-corrected chi connectivity index (χ3v) is 4.68. The molecule has 1 fully saturated rings. The Hall–Kier alpha value is -2.07. The van der Waals surface area contributed by atoms with Crippen LogP contribution in [0.5, 0.6) is 11.5 Å². The number of amides is 1. The second-order valence-electron chi connectivity index (χ2n) is 4.57. The third-order valence-electron chi connectivity index (χ3n) is 2.99. The van der Waals surface area contributed by atoms with Gasteiger partial charge in [0.1, 0.15) is 16.7 Å². The number of benzene rings is 1. The molecular weight excluding hydrogens is 402 g/mol. The predicted molar refractivity (Wildman–Crippen MR) is 94.0 cm³/mol. The van der Waals surface area contributed by atoms with E-state index in [1.165, 1.54) is 13.3 Å². The highest BCUT2D eigenvalue weighted by Crippen LogP contribution is 2.32. The lowest BCUT2D eigenvalue weighted by Gasteiger charge is -2.08. The molecule has 2 rings (SSSR count). The van der Waals surface area contributed by atoms with Crippen LogP contribution in [0.2, 0.25) is 0 Å². The van der Waals surface area contributed by atoms with Gasteiger partial charge < -0.3 is 19.9 Å². The molecule has 24 heavy (non-hydrogen) atoms. The van der Waals surface area contributed by atoms with E-state index in [9.17, 15) is 9.59 Å². The molecule has 1 atom stereocenters. The lowest BCUT2D eigenvalue weighted by Crippen LogP contribution is -2.26. The molecule has 1 aromatic carbocycles. The maximum atomic E-state index is 11.6. The summed E-state index contributed by atoms with van der Waals surface area (Å²) in [5, 5.41) is 18.6. The number of halogens is 1. The number of amidine groups is 1. The zero-order chi connectivity index (χ0) is 17.7. The molecular formula is C14H14BrN3O5S. The van der Waals surface area contributed by atoms with Crippen LogP contribution in [0.15, 0.2) is 26.8 Å². The summed E-state index contributed by atoms with van der Waals surface area (Å²) in [5.41, 5.74) is 0.658. The van der Waals surface area contributed by atoms with Crippen molar-refractivity contribution in [2.24, 2.45) is 10.2 Å². The van der Waals surface area contributed by atoms with E-state index >= 15 is 0 Å². The first kappa shape index (κ1) is 18.3. The van der Waals surface area contributed by atoms with Crippen LogP contribution in [-0.2, 0) is 9.59 Å². The Labute approximate surface area is 150 Å². The molecule has 0 saturated carbocycles. The Balaban J connectivity index is 2.13. The molecule has 1 aromatic rings. The number of nitrogens with one attached hydrogen (secondary N) is 1. The molecule has 1 aliphatic rings. The van der Waals surface area contributed by atoms with E-state index < -0.39 is 11.2 Å². The van der Waals surface area contributed by atoms with Crippen molar-refractivity contribution in [2.45, 2.75) is 11.7 Å². The van der Waals surface area contributed by atoms with Crippen LogP contribution >= 0.6 is 27.7 Å². The molecule has 0 radical (unpaired) electrons. The lowest BCUT2D eigenvalue weighted by molar-refractivity contribution is -0.138. The van der Waals surface area contributed by atoms with E-state index in [2.05, 4.69) is 31.4 Å². The summed E-state index contributed by atoms with van der Waals surface area (Å²) in [7, 11) is 3.07. The van der Waals surface area contributed by atoms with E-state index in [0.717, 1.165) is 16.2 Å². The van der Waals surface area contributed by atoms with Crippen molar-refractivity contribution in [3.63, 3.8) is 0 Å². The number of hydrogen-bond donors (Lipinski definition) is 2. The number of ether oxygens (including phenoxy) is 2.